The number of amides is 1. The van der Waals surface area contributed by atoms with E-state index >= 15 is 0 Å². The largest absolute Gasteiger partial charge is 0.304 e. The number of rotatable bonds is 1. The van der Waals surface area contributed by atoms with Crippen molar-refractivity contribution in [1.82, 2.24) is 4.98 Å². The maximum atomic E-state index is 13.5. The zero-order valence-electron chi connectivity index (χ0n) is 9.85. The molecule has 0 fully saturated rings. The molecule has 3 nitrogen and oxygen atoms in total. The number of hydrogen-bond donors (Lipinski definition) is 0. The van der Waals surface area contributed by atoms with Crippen LogP contribution in [0.4, 0.5) is 10.1 Å². The molecular formula is C14H11FN2O. The van der Waals surface area contributed by atoms with E-state index in [0.717, 1.165) is 5.56 Å². The summed E-state index contributed by atoms with van der Waals surface area (Å²) in [7, 11) is 0. The summed E-state index contributed by atoms with van der Waals surface area (Å²) in [4.78, 5) is 17.7. The Morgan fingerprint density at radius 3 is 2.89 bits per heavy atom. The number of fused-ring (bicyclic) bond motifs is 1. The van der Waals surface area contributed by atoms with Crippen molar-refractivity contribution in [2.45, 2.75) is 13.5 Å². The first-order chi connectivity index (χ1) is 8.66. The van der Waals surface area contributed by atoms with E-state index in [1.807, 2.05) is 6.07 Å². The number of anilines is 1. The second kappa shape index (κ2) is 3.91. The molecule has 0 radical (unpaired) electrons. The summed E-state index contributed by atoms with van der Waals surface area (Å²) in [6.07, 6.45) is 3.22. The molecule has 0 saturated carbocycles. The van der Waals surface area contributed by atoms with Crippen LogP contribution >= 0.6 is 0 Å². The lowest BCUT2D eigenvalue weighted by molar-refractivity contribution is 0.0996. The van der Waals surface area contributed by atoms with Gasteiger partial charge >= 0.3 is 0 Å². The number of halogens is 1. The molecule has 1 aromatic carbocycles. The quantitative estimate of drug-likeness (QED) is 0.770. The number of carbonyl (C=O) groups is 1. The molecule has 0 N–H and O–H groups in total. The molecule has 0 atom stereocenters. The SMILES string of the molecule is Cc1ccc(N2Cc3ccncc3C2=O)cc1F. The van der Waals surface area contributed by atoms with Crippen molar-refractivity contribution in [1.29, 1.82) is 0 Å². The molecule has 1 aliphatic rings. The van der Waals surface area contributed by atoms with Gasteiger partial charge in [-0.1, -0.05) is 6.07 Å². The third-order valence-electron chi connectivity index (χ3n) is 3.18. The average molecular weight is 242 g/mol. The monoisotopic (exact) mass is 242 g/mol. The molecule has 2 heterocycles. The number of pyridine rings is 1. The first kappa shape index (κ1) is 10.9. The molecule has 1 amide bonds. The Morgan fingerprint density at radius 1 is 1.33 bits per heavy atom. The van der Waals surface area contributed by atoms with Gasteiger partial charge in [0.25, 0.3) is 5.91 Å². The zero-order chi connectivity index (χ0) is 12.7. The molecular weight excluding hydrogens is 231 g/mol. The van der Waals surface area contributed by atoms with Crippen molar-refractivity contribution >= 4 is 11.6 Å². The predicted octanol–water partition coefficient (Wildman–Crippen LogP) is 2.69. The fraction of sp³-hybridized carbons (Fsp3) is 0.143. The number of hydrogen-bond acceptors (Lipinski definition) is 2. The molecule has 0 spiro atoms. The number of benzene rings is 1. The average Bonchev–Trinajstić information content (AvgIpc) is 2.71. The van der Waals surface area contributed by atoms with Crippen LogP contribution in [0.5, 0.6) is 0 Å². The number of aromatic nitrogens is 1. The maximum Gasteiger partial charge on any atom is 0.260 e. The first-order valence-corrected chi connectivity index (χ1v) is 5.68. The Balaban J connectivity index is 2.01. The van der Waals surface area contributed by atoms with Gasteiger partial charge in [0.05, 0.1) is 12.1 Å². The molecule has 2 aromatic rings. The van der Waals surface area contributed by atoms with Gasteiger partial charge in [-0.15, -0.1) is 0 Å². The van der Waals surface area contributed by atoms with Gasteiger partial charge < -0.3 is 4.90 Å². The van der Waals surface area contributed by atoms with Gasteiger partial charge in [0.2, 0.25) is 0 Å². The molecule has 0 bridgehead atoms. The molecule has 1 aromatic heterocycles. The van der Waals surface area contributed by atoms with Crippen LogP contribution in [-0.4, -0.2) is 10.9 Å². The summed E-state index contributed by atoms with van der Waals surface area (Å²) in [5.74, 6) is -0.421. The lowest BCUT2D eigenvalue weighted by Crippen LogP contribution is -2.23. The van der Waals surface area contributed by atoms with Gasteiger partial charge in [0.15, 0.2) is 0 Å². The van der Waals surface area contributed by atoms with Crippen molar-refractivity contribution in [2.24, 2.45) is 0 Å². The topological polar surface area (TPSA) is 33.2 Å². The van der Waals surface area contributed by atoms with E-state index in [1.54, 1.807) is 36.4 Å². The van der Waals surface area contributed by atoms with Gasteiger partial charge in [-0.25, -0.2) is 4.39 Å². The van der Waals surface area contributed by atoms with Gasteiger partial charge in [-0.2, -0.15) is 0 Å². The minimum atomic E-state index is -0.297. The Bertz CT molecular complexity index is 639. The third kappa shape index (κ3) is 1.57. The summed E-state index contributed by atoms with van der Waals surface area (Å²) in [5, 5.41) is 0. The number of carbonyl (C=O) groups excluding carboxylic acids is 1. The minimum Gasteiger partial charge on any atom is -0.304 e. The number of nitrogens with zero attached hydrogens (tertiary/aromatic N) is 2. The van der Waals surface area contributed by atoms with Crippen LogP contribution in [0.1, 0.15) is 21.5 Å². The fourth-order valence-electron chi connectivity index (χ4n) is 2.10. The third-order valence-corrected chi connectivity index (χ3v) is 3.18. The van der Waals surface area contributed by atoms with Gasteiger partial charge in [-0.05, 0) is 36.2 Å². The predicted molar refractivity (Wildman–Crippen MR) is 65.9 cm³/mol. The molecule has 0 saturated heterocycles. The smallest absolute Gasteiger partial charge is 0.260 e. The lowest BCUT2D eigenvalue weighted by atomic mass is 10.2. The standard InChI is InChI=1S/C14H11FN2O/c1-9-2-3-11(6-13(9)15)17-8-10-4-5-16-7-12(10)14(17)18/h2-7H,8H2,1H3. The summed E-state index contributed by atoms with van der Waals surface area (Å²) < 4.78 is 13.5. The summed E-state index contributed by atoms with van der Waals surface area (Å²) in [6.45, 7) is 2.17. The maximum absolute atomic E-state index is 13.5. The zero-order valence-corrected chi connectivity index (χ0v) is 9.85. The van der Waals surface area contributed by atoms with Crippen LogP contribution < -0.4 is 4.90 Å². The van der Waals surface area contributed by atoms with Crippen LogP contribution in [0.3, 0.4) is 0 Å². The summed E-state index contributed by atoms with van der Waals surface area (Å²) >= 11 is 0. The Labute approximate surface area is 104 Å². The van der Waals surface area contributed by atoms with E-state index < -0.39 is 0 Å². The van der Waals surface area contributed by atoms with Crippen molar-refractivity contribution in [2.75, 3.05) is 4.90 Å². The molecule has 0 aliphatic carbocycles. The molecule has 0 unspecified atom stereocenters. The van der Waals surface area contributed by atoms with Crippen LogP contribution in [0.25, 0.3) is 0 Å². The Hall–Kier alpha value is -2.23. The lowest BCUT2D eigenvalue weighted by Gasteiger charge is -2.16. The van der Waals surface area contributed by atoms with E-state index in [9.17, 15) is 9.18 Å². The van der Waals surface area contributed by atoms with Crippen molar-refractivity contribution in [3.05, 3.63) is 59.2 Å². The van der Waals surface area contributed by atoms with Crippen molar-refractivity contribution in [3.63, 3.8) is 0 Å². The van der Waals surface area contributed by atoms with Crippen molar-refractivity contribution in [3.8, 4) is 0 Å². The van der Waals surface area contributed by atoms with Gasteiger partial charge in [-0.3, -0.25) is 9.78 Å². The summed E-state index contributed by atoms with van der Waals surface area (Å²) in [6, 6.07) is 6.65. The van der Waals surface area contributed by atoms with Crippen LogP contribution in [0, 0.1) is 12.7 Å². The van der Waals surface area contributed by atoms with E-state index in [2.05, 4.69) is 4.98 Å². The first-order valence-electron chi connectivity index (χ1n) is 5.68. The highest BCUT2D eigenvalue weighted by Gasteiger charge is 2.28. The van der Waals surface area contributed by atoms with E-state index in [1.165, 1.54) is 6.07 Å². The molecule has 18 heavy (non-hydrogen) atoms. The van der Waals surface area contributed by atoms with Crippen LogP contribution in [-0.2, 0) is 6.54 Å². The van der Waals surface area contributed by atoms with Crippen LogP contribution in [0.2, 0.25) is 0 Å². The highest BCUT2D eigenvalue weighted by molar-refractivity contribution is 6.09. The highest BCUT2D eigenvalue weighted by atomic mass is 19.1. The summed E-state index contributed by atoms with van der Waals surface area (Å²) in [5.41, 5.74) is 2.68. The fourth-order valence-corrected chi connectivity index (χ4v) is 2.10. The van der Waals surface area contributed by atoms with E-state index in [4.69, 9.17) is 0 Å². The second-order valence-corrected chi connectivity index (χ2v) is 4.36. The minimum absolute atomic E-state index is 0.124. The Morgan fingerprint density at radius 2 is 2.17 bits per heavy atom. The van der Waals surface area contributed by atoms with Crippen molar-refractivity contribution < 1.29 is 9.18 Å². The molecule has 1 aliphatic heterocycles. The van der Waals surface area contributed by atoms with Gasteiger partial charge in [0.1, 0.15) is 5.82 Å². The highest BCUT2D eigenvalue weighted by Crippen LogP contribution is 2.28. The molecule has 4 heteroatoms. The Kier molecular flexibility index (Phi) is 2.37. The molecule has 3 rings (SSSR count). The second-order valence-electron chi connectivity index (χ2n) is 4.36. The normalized spacial score (nSPS) is 13.9. The number of aryl methyl sites for hydroxylation is 1. The molecule has 90 valence electrons. The van der Waals surface area contributed by atoms with E-state index in [-0.39, 0.29) is 11.7 Å². The van der Waals surface area contributed by atoms with Gasteiger partial charge in [0, 0.05) is 18.1 Å². The van der Waals surface area contributed by atoms with Crippen LogP contribution in [0.15, 0.2) is 36.7 Å². The van der Waals surface area contributed by atoms with E-state index in [0.29, 0.717) is 23.4 Å².